The van der Waals surface area contributed by atoms with Gasteiger partial charge in [0.2, 0.25) is 11.7 Å². The molecule has 0 aliphatic carbocycles. The lowest BCUT2D eigenvalue weighted by Crippen LogP contribution is -2.20. The van der Waals surface area contributed by atoms with Gasteiger partial charge in [0.1, 0.15) is 13.2 Å². The molecule has 0 aromatic heterocycles. The van der Waals surface area contributed by atoms with Gasteiger partial charge >= 0.3 is 5.69 Å². The van der Waals surface area contributed by atoms with Crippen LogP contribution in [0.15, 0.2) is 35.4 Å². The number of carbonyl (C=O) groups excluding carboxylic acids is 1. The Morgan fingerprint density at radius 1 is 1.31 bits per heavy atom. The van der Waals surface area contributed by atoms with E-state index in [4.69, 9.17) is 14.2 Å². The number of amides is 1. The smallest absolute Gasteiger partial charge is 0.315 e. The highest BCUT2D eigenvalue weighted by atomic mass is 16.6. The van der Waals surface area contributed by atoms with Crippen LogP contribution in [0.4, 0.5) is 5.69 Å². The summed E-state index contributed by atoms with van der Waals surface area (Å²) in [5, 5.41) is 24.8. The number of fused-ring (bicyclic) bond motifs is 1. The normalized spacial score (nSPS) is 12.6. The average molecular weight is 401 g/mol. The molecule has 1 aliphatic heterocycles. The van der Waals surface area contributed by atoms with Crippen LogP contribution in [-0.4, -0.2) is 42.0 Å². The van der Waals surface area contributed by atoms with Gasteiger partial charge in [-0.05, 0) is 30.7 Å². The van der Waals surface area contributed by atoms with E-state index in [-0.39, 0.29) is 30.2 Å². The molecular formula is C19H19N3O7. The number of benzene rings is 2. The first-order chi connectivity index (χ1) is 14.0. The van der Waals surface area contributed by atoms with E-state index in [2.05, 4.69) is 10.5 Å². The predicted octanol–water partition coefficient (Wildman–Crippen LogP) is 2.16. The molecule has 0 radical (unpaired) electrons. The minimum atomic E-state index is -0.727. The van der Waals surface area contributed by atoms with E-state index in [1.54, 1.807) is 25.1 Å². The van der Waals surface area contributed by atoms with Crippen LogP contribution in [0.3, 0.4) is 0 Å². The van der Waals surface area contributed by atoms with E-state index in [9.17, 15) is 20.0 Å². The Labute approximate surface area is 165 Å². The van der Waals surface area contributed by atoms with Crippen molar-refractivity contribution in [3.8, 4) is 23.0 Å². The number of carbonyl (C=O) groups is 1. The van der Waals surface area contributed by atoms with Gasteiger partial charge in [0.25, 0.3) is 0 Å². The third kappa shape index (κ3) is 4.92. The SMILES string of the molecule is CCOc1cc(/C=N/NC(=O)Cc2ccc3c(c2)OCCO3)cc([N+](=O)[O-])c1O. The van der Waals surface area contributed by atoms with Crippen molar-refractivity contribution in [1.29, 1.82) is 0 Å². The standard InChI is InChI=1S/C19H19N3O7/c1-2-27-17-9-13(7-14(19(17)24)22(25)26)11-20-21-18(23)10-12-3-4-15-16(8-12)29-6-5-28-15/h3-4,7-9,11,24H,2,5-6,10H2,1H3,(H,21,23)/b20-11+. The summed E-state index contributed by atoms with van der Waals surface area (Å²) in [7, 11) is 0. The number of phenols is 1. The van der Waals surface area contributed by atoms with E-state index in [1.165, 1.54) is 12.3 Å². The number of nitrogens with zero attached hydrogens (tertiary/aromatic N) is 2. The minimum absolute atomic E-state index is 0.0363. The van der Waals surface area contributed by atoms with Crippen LogP contribution < -0.4 is 19.6 Å². The highest BCUT2D eigenvalue weighted by molar-refractivity contribution is 5.85. The Bertz CT molecular complexity index is 959. The van der Waals surface area contributed by atoms with Gasteiger partial charge in [0, 0.05) is 11.6 Å². The molecule has 0 atom stereocenters. The molecule has 0 unspecified atom stereocenters. The lowest BCUT2D eigenvalue weighted by atomic mass is 10.1. The monoisotopic (exact) mass is 401 g/mol. The lowest BCUT2D eigenvalue weighted by Gasteiger charge is -2.18. The van der Waals surface area contributed by atoms with Crippen molar-refractivity contribution in [2.45, 2.75) is 13.3 Å². The lowest BCUT2D eigenvalue weighted by molar-refractivity contribution is -0.386. The molecule has 0 saturated carbocycles. The van der Waals surface area contributed by atoms with Crippen molar-refractivity contribution in [2.75, 3.05) is 19.8 Å². The summed E-state index contributed by atoms with van der Waals surface area (Å²) in [6.45, 7) is 2.85. The number of nitro groups is 1. The van der Waals surface area contributed by atoms with Crippen LogP contribution >= 0.6 is 0 Å². The van der Waals surface area contributed by atoms with E-state index in [0.717, 1.165) is 11.6 Å². The van der Waals surface area contributed by atoms with E-state index in [0.29, 0.717) is 24.7 Å². The molecular weight excluding hydrogens is 382 g/mol. The summed E-state index contributed by atoms with van der Waals surface area (Å²) in [6, 6.07) is 7.76. The Morgan fingerprint density at radius 3 is 2.79 bits per heavy atom. The van der Waals surface area contributed by atoms with Gasteiger partial charge in [-0.25, -0.2) is 5.43 Å². The molecule has 1 heterocycles. The number of nitro benzene ring substituents is 1. The van der Waals surface area contributed by atoms with Gasteiger partial charge in [0.05, 0.1) is 24.2 Å². The number of rotatable bonds is 7. The molecule has 0 bridgehead atoms. The zero-order valence-electron chi connectivity index (χ0n) is 15.6. The third-order valence-electron chi connectivity index (χ3n) is 3.95. The van der Waals surface area contributed by atoms with Crippen LogP contribution in [0.1, 0.15) is 18.1 Å². The van der Waals surface area contributed by atoms with E-state index in [1.807, 2.05) is 0 Å². The number of aromatic hydroxyl groups is 1. The largest absolute Gasteiger partial charge is 0.500 e. The molecule has 152 valence electrons. The number of hydrazone groups is 1. The minimum Gasteiger partial charge on any atom is -0.500 e. The summed E-state index contributed by atoms with van der Waals surface area (Å²) in [6.07, 6.45) is 1.30. The molecule has 2 aromatic rings. The first kappa shape index (κ1) is 19.9. The quantitative estimate of drug-likeness (QED) is 0.413. The van der Waals surface area contributed by atoms with Gasteiger partial charge in [0.15, 0.2) is 17.2 Å². The maximum atomic E-state index is 12.1. The second kappa shape index (κ2) is 8.91. The molecule has 0 fully saturated rings. The molecule has 2 aromatic carbocycles. The highest BCUT2D eigenvalue weighted by Gasteiger charge is 2.19. The maximum absolute atomic E-state index is 12.1. The third-order valence-corrected chi connectivity index (χ3v) is 3.95. The molecule has 0 saturated heterocycles. The zero-order chi connectivity index (χ0) is 20.8. The second-order valence-electron chi connectivity index (χ2n) is 6.02. The summed E-state index contributed by atoms with van der Waals surface area (Å²) >= 11 is 0. The van der Waals surface area contributed by atoms with Crippen molar-refractivity contribution in [2.24, 2.45) is 5.10 Å². The van der Waals surface area contributed by atoms with Crippen LogP contribution in [-0.2, 0) is 11.2 Å². The molecule has 29 heavy (non-hydrogen) atoms. The number of phenolic OH excluding ortho intramolecular Hbond substituents is 1. The summed E-state index contributed by atoms with van der Waals surface area (Å²) in [4.78, 5) is 22.4. The van der Waals surface area contributed by atoms with Gasteiger partial charge in [-0.2, -0.15) is 5.10 Å². The van der Waals surface area contributed by atoms with Crippen molar-refractivity contribution in [3.05, 3.63) is 51.6 Å². The highest BCUT2D eigenvalue weighted by Crippen LogP contribution is 2.36. The number of hydrogen-bond donors (Lipinski definition) is 2. The zero-order valence-corrected chi connectivity index (χ0v) is 15.6. The molecule has 10 heteroatoms. The number of hydrogen-bond acceptors (Lipinski definition) is 8. The van der Waals surface area contributed by atoms with E-state index < -0.39 is 16.4 Å². The Morgan fingerprint density at radius 2 is 2.07 bits per heavy atom. The summed E-state index contributed by atoms with van der Waals surface area (Å²) in [5.41, 5.74) is 2.86. The summed E-state index contributed by atoms with van der Waals surface area (Å²) in [5.74, 6) is 0.251. The summed E-state index contributed by atoms with van der Waals surface area (Å²) < 4.78 is 16.1. The fourth-order valence-electron chi connectivity index (χ4n) is 2.69. The van der Waals surface area contributed by atoms with Gasteiger partial charge in [-0.1, -0.05) is 6.07 Å². The van der Waals surface area contributed by atoms with Crippen LogP contribution in [0.5, 0.6) is 23.0 Å². The first-order valence-electron chi connectivity index (χ1n) is 8.82. The Balaban J connectivity index is 1.66. The average Bonchev–Trinajstić information content (AvgIpc) is 2.70. The molecule has 2 N–H and O–H groups in total. The second-order valence-corrected chi connectivity index (χ2v) is 6.02. The molecule has 1 aliphatic rings. The van der Waals surface area contributed by atoms with Gasteiger partial charge < -0.3 is 19.3 Å². The Kier molecular flexibility index (Phi) is 6.12. The number of ether oxygens (including phenoxy) is 3. The van der Waals surface area contributed by atoms with Crippen LogP contribution in [0.2, 0.25) is 0 Å². The predicted molar refractivity (Wildman–Crippen MR) is 103 cm³/mol. The van der Waals surface area contributed by atoms with Crippen molar-refractivity contribution in [1.82, 2.24) is 5.43 Å². The van der Waals surface area contributed by atoms with Crippen molar-refractivity contribution < 1.29 is 29.0 Å². The van der Waals surface area contributed by atoms with E-state index >= 15 is 0 Å². The fourth-order valence-corrected chi connectivity index (χ4v) is 2.69. The molecule has 0 spiro atoms. The molecule has 10 nitrogen and oxygen atoms in total. The van der Waals surface area contributed by atoms with Crippen molar-refractivity contribution in [3.63, 3.8) is 0 Å². The maximum Gasteiger partial charge on any atom is 0.315 e. The van der Waals surface area contributed by atoms with Crippen LogP contribution in [0.25, 0.3) is 0 Å². The fraction of sp³-hybridized carbons (Fsp3) is 0.263. The van der Waals surface area contributed by atoms with Gasteiger partial charge in [-0.3, -0.25) is 14.9 Å². The van der Waals surface area contributed by atoms with Crippen LogP contribution in [0, 0.1) is 10.1 Å². The van der Waals surface area contributed by atoms with Gasteiger partial charge in [-0.15, -0.1) is 0 Å². The molecule has 1 amide bonds. The van der Waals surface area contributed by atoms with Crippen molar-refractivity contribution >= 4 is 17.8 Å². The first-order valence-corrected chi connectivity index (χ1v) is 8.82. The number of nitrogens with one attached hydrogen (secondary N) is 1. The molecule has 3 rings (SSSR count). The Hall–Kier alpha value is -3.82. The topological polar surface area (TPSA) is 133 Å².